The molecule has 0 saturated carbocycles. The Bertz CT molecular complexity index is 848. The second kappa shape index (κ2) is 5.48. The summed E-state index contributed by atoms with van der Waals surface area (Å²) in [6.45, 7) is 1.62. The molecule has 2 bridgehead atoms. The Balaban J connectivity index is 1.74. The summed E-state index contributed by atoms with van der Waals surface area (Å²) in [5, 5.41) is 7.16. The molecule has 124 valence electrons. The van der Waals surface area contributed by atoms with Crippen LogP contribution in [0.4, 0.5) is 11.5 Å². The first-order valence-corrected chi connectivity index (χ1v) is 8.56. The lowest BCUT2D eigenvalue weighted by atomic mass is 9.88. The van der Waals surface area contributed by atoms with Crippen molar-refractivity contribution in [3.8, 4) is 0 Å². The van der Waals surface area contributed by atoms with Gasteiger partial charge < -0.3 is 26.7 Å². The van der Waals surface area contributed by atoms with Gasteiger partial charge in [0.05, 0.1) is 38.6 Å². The van der Waals surface area contributed by atoms with Crippen molar-refractivity contribution in [2.45, 2.75) is 18.5 Å². The fraction of sp³-hybridized carbons (Fsp3) is 0.312. The molecule has 5 N–H and O–H groups in total. The predicted molar refractivity (Wildman–Crippen MR) is 97.3 cm³/mol. The molecule has 2 unspecified atom stereocenters. The summed E-state index contributed by atoms with van der Waals surface area (Å²) >= 11 is 1.56. The van der Waals surface area contributed by atoms with E-state index < -0.39 is 0 Å². The Kier molecular flexibility index (Phi) is 3.42. The first-order chi connectivity index (χ1) is 11.6. The third-order valence-electron chi connectivity index (χ3n) is 4.74. The van der Waals surface area contributed by atoms with Crippen molar-refractivity contribution >= 4 is 51.4 Å². The minimum absolute atomic E-state index is 0.285. The SMILES string of the molecule is N=C/C=C(\N)c1cc2nc(N)cc(N3CC4CC(C3)N4C=O)c2s1. The van der Waals surface area contributed by atoms with E-state index in [-0.39, 0.29) is 12.1 Å². The number of hydrogen-bond acceptors (Lipinski definition) is 7. The van der Waals surface area contributed by atoms with Crippen molar-refractivity contribution in [1.29, 1.82) is 5.41 Å². The fourth-order valence-electron chi connectivity index (χ4n) is 3.58. The highest BCUT2D eigenvalue weighted by molar-refractivity contribution is 7.20. The van der Waals surface area contributed by atoms with Crippen LogP contribution in [0.1, 0.15) is 11.3 Å². The number of thiophene rings is 1. The Morgan fingerprint density at radius 2 is 2.12 bits per heavy atom. The zero-order chi connectivity index (χ0) is 16.8. The third kappa shape index (κ3) is 2.22. The average molecular weight is 342 g/mol. The summed E-state index contributed by atoms with van der Waals surface area (Å²) in [6.07, 6.45) is 4.77. The van der Waals surface area contributed by atoms with Gasteiger partial charge in [0.2, 0.25) is 6.41 Å². The number of nitrogens with zero attached hydrogens (tertiary/aromatic N) is 3. The zero-order valence-electron chi connectivity index (χ0n) is 13.0. The maximum Gasteiger partial charge on any atom is 0.210 e. The van der Waals surface area contributed by atoms with Crippen molar-refractivity contribution < 1.29 is 4.79 Å². The van der Waals surface area contributed by atoms with E-state index in [9.17, 15) is 4.79 Å². The lowest BCUT2D eigenvalue weighted by Gasteiger charge is -2.55. The molecule has 0 aliphatic carbocycles. The van der Waals surface area contributed by atoms with Crippen LogP contribution in [-0.2, 0) is 4.79 Å². The van der Waals surface area contributed by atoms with E-state index in [0.29, 0.717) is 11.5 Å². The van der Waals surface area contributed by atoms with E-state index in [1.807, 2.05) is 17.0 Å². The summed E-state index contributed by atoms with van der Waals surface area (Å²) in [5.74, 6) is 0.475. The Morgan fingerprint density at radius 1 is 1.38 bits per heavy atom. The second-order valence-electron chi connectivity index (χ2n) is 6.18. The van der Waals surface area contributed by atoms with E-state index in [2.05, 4.69) is 9.88 Å². The van der Waals surface area contributed by atoms with Gasteiger partial charge >= 0.3 is 0 Å². The number of nitrogens with one attached hydrogen (secondary N) is 1. The molecule has 0 aromatic carbocycles. The minimum atomic E-state index is 0.285. The fourth-order valence-corrected chi connectivity index (χ4v) is 4.66. The maximum absolute atomic E-state index is 11.1. The number of amides is 1. The monoisotopic (exact) mass is 342 g/mol. The van der Waals surface area contributed by atoms with Crippen LogP contribution in [0.2, 0.25) is 0 Å². The van der Waals surface area contributed by atoms with Crippen molar-refractivity contribution in [1.82, 2.24) is 9.88 Å². The number of hydrogen-bond donors (Lipinski definition) is 3. The van der Waals surface area contributed by atoms with Gasteiger partial charge in [0.25, 0.3) is 0 Å². The summed E-state index contributed by atoms with van der Waals surface area (Å²) in [5.41, 5.74) is 14.4. The molecular formula is C16H18N6OS. The van der Waals surface area contributed by atoms with Gasteiger partial charge in [-0.3, -0.25) is 4.79 Å². The second-order valence-corrected chi connectivity index (χ2v) is 7.23. The first kappa shape index (κ1) is 14.9. The van der Waals surface area contributed by atoms with Gasteiger partial charge in [0, 0.05) is 25.4 Å². The van der Waals surface area contributed by atoms with Crippen LogP contribution >= 0.6 is 11.3 Å². The quantitative estimate of drug-likeness (QED) is 0.572. The first-order valence-electron chi connectivity index (χ1n) is 7.75. The molecule has 7 nitrogen and oxygen atoms in total. The van der Waals surface area contributed by atoms with Gasteiger partial charge in [-0.25, -0.2) is 4.98 Å². The van der Waals surface area contributed by atoms with Crippen molar-refractivity contribution in [3.63, 3.8) is 0 Å². The van der Waals surface area contributed by atoms with Gasteiger partial charge in [-0.2, -0.15) is 0 Å². The van der Waals surface area contributed by atoms with Crippen LogP contribution in [0.25, 0.3) is 15.9 Å². The number of carbonyl (C=O) groups is 1. The number of nitrogen functional groups attached to an aromatic ring is 1. The molecular weight excluding hydrogens is 324 g/mol. The predicted octanol–water partition coefficient (Wildman–Crippen LogP) is 1.25. The topological polar surface area (TPSA) is 112 Å². The number of anilines is 2. The van der Waals surface area contributed by atoms with E-state index in [1.165, 1.54) is 6.21 Å². The number of aromatic nitrogens is 1. The molecule has 1 amide bonds. The average Bonchev–Trinajstić information content (AvgIpc) is 2.98. The van der Waals surface area contributed by atoms with Crippen LogP contribution < -0.4 is 16.4 Å². The molecule has 0 radical (unpaired) electrons. The highest BCUT2D eigenvalue weighted by atomic mass is 32.1. The van der Waals surface area contributed by atoms with Gasteiger partial charge in [0.15, 0.2) is 0 Å². The smallest absolute Gasteiger partial charge is 0.210 e. The molecule has 0 spiro atoms. The van der Waals surface area contributed by atoms with Gasteiger partial charge in [-0.1, -0.05) is 0 Å². The lowest BCUT2D eigenvalue weighted by molar-refractivity contribution is -0.131. The molecule has 3 aliphatic rings. The van der Waals surface area contributed by atoms with E-state index in [4.69, 9.17) is 16.9 Å². The third-order valence-corrected chi connectivity index (χ3v) is 5.93. The van der Waals surface area contributed by atoms with Crippen molar-refractivity contribution in [2.75, 3.05) is 23.7 Å². The maximum atomic E-state index is 11.1. The molecule has 5 rings (SSSR count). The van der Waals surface area contributed by atoms with E-state index >= 15 is 0 Å². The highest BCUT2D eigenvalue weighted by Gasteiger charge is 2.44. The van der Waals surface area contributed by atoms with Crippen LogP contribution in [0.15, 0.2) is 18.2 Å². The molecule has 5 heterocycles. The van der Waals surface area contributed by atoms with Gasteiger partial charge in [0.1, 0.15) is 5.82 Å². The molecule has 8 heteroatoms. The highest BCUT2D eigenvalue weighted by Crippen LogP contribution is 2.40. The summed E-state index contributed by atoms with van der Waals surface area (Å²) < 4.78 is 1.04. The number of fused-ring (bicyclic) bond motifs is 3. The number of piperidine rings is 1. The minimum Gasteiger partial charge on any atom is -0.398 e. The number of pyridine rings is 1. The Hall–Kier alpha value is -2.61. The van der Waals surface area contributed by atoms with Crippen molar-refractivity contribution in [3.05, 3.63) is 23.1 Å². The summed E-state index contributed by atoms with van der Waals surface area (Å²) in [4.78, 5) is 20.6. The van der Waals surface area contributed by atoms with Crippen LogP contribution in [0.5, 0.6) is 0 Å². The number of allylic oxidation sites excluding steroid dienone is 1. The largest absolute Gasteiger partial charge is 0.398 e. The molecule has 3 aliphatic heterocycles. The Labute approximate surface area is 143 Å². The van der Waals surface area contributed by atoms with E-state index in [0.717, 1.165) is 46.7 Å². The number of piperazine rings is 1. The zero-order valence-corrected chi connectivity index (χ0v) is 13.8. The molecule has 2 aromatic rings. The molecule has 2 atom stereocenters. The normalized spacial score (nSPS) is 23.2. The molecule has 2 aromatic heterocycles. The van der Waals surface area contributed by atoms with Gasteiger partial charge in [-0.05, 0) is 18.6 Å². The van der Waals surface area contributed by atoms with Crippen molar-refractivity contribution in [2.24, 2.45) is 5.73 Å². The van der Waals surface area contributed by atoms with Crippen LogP contribution in [0, 0.1) is 5.41 Å². The van der Waals surface area contributed by atoms with Crippen LogP contribution in [0.3, 0.4) is 0 Å². The number of nitrogens with two attached hydrogens (primary N) is 2. The molecule has 3 saturated heterocycles. The lowest BCUT2D eigenvalue weighted by Crippen LogP contribution is -2.68. The summed E-state index contributed by atoms with van der Waals surface area (Å²) in [7, 11) is 0. The standard InChI is InChI=1S/C16H18N6OS/c17-2-1-11(18)14-4-12-16(24-14)13(5-15(19)20-12)21-6-9-3-10(7-21)22(9)8-23/h1-2,4-5,8-10,17H,3,6-7,18H2,(H2,19,20)/b11-1-,17-2?. The number of carbonyl (C=O) groups excluding carboxylic acids is 1. The van der Waals surface area contributed by atoms with Gasteiger partial charge in [-0.15, -0.1) is 11.3 Å². The van der Waals surface area contributed by atoms with E-state index in [1.54, 1.807) is 17.4 Å². The van der Waals surface area contributed by atoms with Crippen LogP contribution in [-0.4, -0.2) is 47.7 Å². The number of rotatable bonds is 4. The molecule has 24 heavy (non-hydrogen) atoms. The summed E-state index contributed by atoms with van der Waals surface area (Å²) in [6, 6.07) is 4.38. The molecule has 3 fully saturated rings. The Morgan fingerprint density at radius 3 is 2.79 bits per heavy atom.